The van der Waals surface area contributed by atoms with Crippen LogP contribution in [0.2, 0.25) is 5.02 Å². The topological polar surface area (TPSA) is 79.3 Å². The van der Waals surface area contributed by atoms with Crippen LogP contribution in [-0.2, 0) is 0 Å². The van der Waals surface area contributed by atoms with Gasteiger partial charge in [0.25, 0.3) is 5.91 Å². The normalized spacial score (nSPS) is 10.2. The Morgan fingerprint density at radius 1 is 1.19 bits per heavy atom. The van der Waals surface area contributed by atoms with Gasteiger partial charge in [-0.15, -0.1) is 0 Å². The van der Waals surface area contributed by atoms with Crippen LogP contribution in [0.3, 0.4) is 0 Å². The fourth-order valence-electron chi connectivity index (χ4n) is 1.56. The van der Waals surface area contributed by atoms with Gasteiger partial charge in [0.15, 0.2) is 0 Å². The predicted octanol–water partition coefficient (Wildman–Crippen LogP) is 2.96. The molecule has 108 valence electrons. The Bertz CT molecular complexity index is 737. The highest BCUT2D eigenvalue weighted by molar-refractivity contribution is 6.34. The largest absolute Gasteiger partial charge is 0.478 e. The van der Waals surface area contributed by atoms with Gasteiger partial charge in [0.1, 0.15) is 11.6 Å². The molecule has 0 bridgehead atoms. The van der Waals surface area contributed by atoms with Crippen LogP contribution in [0.1, 0.15) is 20.7 Å². The third kappa shape index (κ3) is 3.14. The zero-order valence-corrected chi connectivity index (χ0v) is 11.0. The number of aromatic nitrogens is 1. The number of carboxylic acid groups (broad SMARTS) is 1. The van der Waals surface area contributed by atoms with Crippen molar-refractivity contribution in [3.63, 3.8) is 0 Å². The van der Waals surface area contributed by atoms with Gasteiger partial charge in [0, 0.05) is 18.5 Å². The quantitative estimate of drug-likeness (QED) is 0.913. The first-order valence-corrected chi connectivity index (χ1v) is 5.91. The van der Waals surface area contributed by atoms with Crippen LogP contribution in [-0.4, -0.2) is 22.0 Å². The predicted molar refractivity (Wildman–Crippen MR) is 70.5 cm³/mol. The average Bonchev–Trinajstić information content (AvgIpc) is 2.41. The molecule has 1 amide bonds. The van der Waals surface area contributed by atoms with Crippen molar-refractivity contribution in [2.75, 3.05) is 5.32 Å². The van der Waals surface area contributed by atoms with E-state index in [1.807, 2.05) is 0 Å². The zero-order chi connectivity index (χ0) is 15.6. The summed E-state index contributed by atoms with van der Waals surface area (Å²) < 4.78 is 26.8. The number of nitrogens with zero attached hydrogens (tertiary/aromatic N) is 1. The summed E-state index contributed by atoms with van der Waals surface area (Å²) in [5.74, 6) is -4.69. The molecule has 21 heavy (non-hydrogen) atoms. The molecule has 0 aliphatic rings. The number of nitrogens with one attached hydrogen (secondary N) is 1. The van der Waals surface area contributed by atoms with Crippen molar-refractivity contribution in [1.29, 1.82) is 0 Å². The minimum absolute atomic E-state index is 0.0206. The van der Waals surface area contributed by atoms with Crippen molar-refractivity contribution >= 4 is 29.2 Å². The van der Waals surface area contributed by atoms with Gasteiger partial charge < -0.3 is 10.4 Å². The Balaban J connectivity index is 2.36. The lowest BCUT2D eigenvalue weighted by Crippen LogP contribution is -2.15. The lowest BCUT2D eigenvalue weighted by Gasteiger charge is -2.09. The molecule has 2 aromatic rings. The Kier molecular flexibility index (Phi) is 4.13. The Morgan fingerprint density at radius 3 is 2.52 bits per heavy atom. The highest BCUT2D eigenvalue weighted by atomic mass is 35.5. The highest BCUT2D eigenvalue weighted by Crippen LogP contribution is 2.22. The molecule has 0 fully saturated rings. The van der Waals surface area contributed by atoms with Crippen molar-refractivity contribution in [1.82, 2.24) is 4.98 Å². The maximum absolute atomic E-state index is 13.6. The number of amides is 1. The van der Waals surface area contributed by atoms with E-state index in [0.717, 1.165) is 0 Å². The molecule has 0 saturated heterocycles. The molecular formula is C13H7ClF2N2O3. The number of anilines is 1. The number of hydrogen-bond acceptors (Lipinski definition) is 3. The van der Waals surface area contributed by atoms with Gasteiger partial charge in [0.2, 0.25) is 0 Å². The molecule has 0 radical (unpaired) electrons. The van der Waals surface area contributed by atoms with Gasteiger partial charge in [-0.05, 0) is 12.1 Å². The van der Waals surface area contributed by atoms with Gasteiger partial charge in [-0.3, -0.25) is 9.78 Å². The Morgan fingerprint density at radius 2 is 1.90 bits per heavy atom. The number of halogens is 3. The van der Waals surface area contributed by atoms with Crippen molar-refractivity contribution < 1.29 is 23.5 Å². The van der Waals surface area contributed by atoms with Crippen LogP contribution in [0.4, 0.5) is 14.5 Å². The van der Waals surface area contributed by atoms with Crippen LogP contribution in [0.15, 0.2) is 30.6 Å². The van der Waals surface area contributed by atoms with Crippen molar-refractivity contribution in [3.05, 3.63) is 58.4 Å². The van der Waals surface area contributed by atoms with Crippen LogP contribution in [0.5, 0.6) is 0 Å². The number of aromatic carboxylic acids is 1. The van der Waals surface area contributed by atoms with Crippen molar-refractivity contribution in [2.45, 2.75) is 0 Å². The second kappa shape index (κ2) is 5.84. The molecule has 0 atom stereocenters. The third-order valence-corrected chi connectivity index (χ3v) is 2.85. The Labute approximate surface area is 122 Å². The van der Waals surface area contributed by atoms with Gasteiger partial charge >= 0.3 is 5.97 Å². The number of hydrogen-bond donors (Lipinski definition) is 2. The van der Waals surface area contributed by atoms with E-state index < -0.39 is 34.8 Å². The van der Waals surface area contributed by atoms with E-state index in [9.17, 15) is 18.4 Å². The maximum atomic E-state index is 13.6. The fraction of sp³-hybridized carbons (Fsp3) is 0. The standard InChI is InChI=1S/C13H7ClF2N2O3/c14-8-5-17-2-1-6(8)12(19)18-11-3-7(13(20)21)9(15)4-10(11)16/h1-5H,(H,18,19)(H,20,21). The maximum Gasteiger partial charge on any atom is 0.338 e. The van der Waals surface area contributed by atoms with E-state index in [1.165, 1.54) is 18.5 Å². The van der Waals surface area contributed by atoms with Gasteiger partial charge in [0.05, 0.1) is 21.8 Å². The van der Waals surface area contributed by atoms with Crippen LogP contribution in [0, 0.1) is 11.6 Å². The summed E-state index contributed by atoms with van der Waals surface area (Å²) in [6.07, 6.45) is 2.53. The minimum Gasteiger partial charge on any atom is -0.478 e. The molecule has 1 heterocycles. The smallest absolute Gasteiger partial charge is 0.338 e. The Hall–Kier alpha value is -2.54. The lowest BCUT2D eigenvalue weighted by atomic mass is 10.1. The third-order valence-electron chi connectivity index (χ3n) is 2.55. The number of carbonyl (C=O) groups excluding carboxylic acids is 1. The van der Waals surface area contributed by atoms with Crippen LogP contribution < -0.4 is 5.32 Å². The summed E-state index contributed by atoms with van der Waals surface area (Å²) in [6, 6.07) is 2.38. The summed E-state index contributed by atoms with van der Waals surface area (Å²) in [5, 5.41) is 10.9. The molecule has 8 heteroatoms. The fourth-order valence-corrected chi connectivity index (χ4v) is 1.76. The van der Waals surface area contributed by atoms with Crippen molar-refractivity contribution in [2.24, 2.45) is 0 Å². The SMILES string of the molecule is O=C(O)c1cc(NC(=O)c2ccncc2Cl)c(F)cc1F. The molecule has 2 N–H and O–H groups in total. The highest BCUT2D eigenvalue weighted by Gasteiger charge is 2.18. The van der Waals surface area contributed by atoms with E-state index in [-0.39, 0.29) is 10.6 Å². The number of rotatable bonds is 3. The summed E-state index contributed by atoms with van der Waals surface area (Å²) >= 11 is 5.76. The molecule has 1 aromatic heterocycles. The van der Waals surface area contributed by atoms with E-state index in [2.05, 4.69) is 10.3 Å². The summed E-state index contributed by atoms with van der Waals surface area (Å²) in [7, 11) is 0. The number of pyridine rings is 1. The minimum atomic E-state index is -1.58. The van der Waals surface area contributed by atoms with Crippen LogP contribution in [0.25, 0.3) is 0 Å². The first kappa shape index (κ1) is 14.9. The average molecular weight is 313 g/mol. The molecule has 0 spiro atoms. The molecular weight excluding hydrogens is 306 g/mol. The molecule has 2 rings (SSSR count). The van der Waals surface area contributed by atoms with Crippen LogP contribution >= 0.6 is 11.6 Å². The molecule has 0 aliphatic carbocycles. The van der Waals surface area contributed by atoms with E-state index in [4.69, 9.17) is 16.7 Å². The van der Waals surface area contributed by atoms with E-state index >= 15 is 0 Å². The first-order valence-electron chi connectivity index (χ1n) is 5.53. The van der Waals surface area contributed by atoms with Gasteiger partial charge in [-0.1, -0.05) is 11.6 Å². The van der Waals surface area contributed by atoms with Crippen molar-refractivity contribution in [3.8, 4) is 0 Å². The molecule has 1 aromatic carbocycles. The summed E-state index contributed by atoms with van der Waals surface area (Å²) in [6.45, 7) is 0. The van der Waals surface area contributed by atoms with E-state index in [1.54, 1.807) is 0 Å². The van der Waals surface area contributed by atoms with Gasteiger partial charge in [-0.25, -0.2) is 13.6 Å². The second-order valence-corrected chi connectivity index (χ2v) is 4.33. The number of carbonyl (C=O) groups is 2. The second-order valence-electron chi connectivity index (χ2n) is 3.93. The molecule has 5 nitrogen and oxygen atoms in total. The number of benzene rings is 1. The summed E-state index contributed by atoms with van der Waals surface area (Å²) in [4.78, 5) is 26.4. The molecule has 0 aliphatic heterocycles. The lowest BCUT2D eigenvalue weighted by molar-refractivity contribution is 0.0691. The van der Waals surface area contributed by atoms with Gasteiger partial charge in [-0.2, -0.15) is 0 Å². The first-order chi connectivity index (χ1) is 9.90. The van der Waals surface area contributed by atoms with E-state index in [0.29, 0.717) is 12.1 Å². The number of carboxylic acids is 1. The zero-order valence-electron chi connectivity index (χ0n) is 10.2. The summed E-state index contributed by atoms with van der Waals surface area (Å²) in [5.41, 5.74) is -1.20. The monoisotopic (exact) mass is 312 g/mol. The molecule has 0 saturated carbocycles. The molecule has 0 unspecified atom stereocenters.